The van der Waals surface area contributed by atoms with Crippen LogP contribution in [0.1, 0.15) is 29.2 Å². The standard InChI is InChI=1S/C28H26N2O6S/c31-26-16-15-25(28(21-9-3-1-4-10-21)22-11-5-2-6-12-22)29-30(26)17-8-18-37(34,35)24-14-7-13-23(19-24)36-20-27(32)33/h1-7,9-16,19,28H,8,17-18,20H2,(H,32,33). The number of aromatic nitrogens is 2. The van der Waals surface area contributed by atoms with Crippen molar-refractivity contribution in [2.24, 2.45) is 0 Å². The minimum Gasteiger partial charge on any atom is -0.482 e. The zero-order valence-corrected chi connectivity index (χ0v) is 20.8. The smallest absolute Gasteiger partial charge is 0.341 e. The van der Waals surface area contributed by atoms with E-state index in [-0.39, 0.29) is 40.8 Å². The zero-order valence-electron chi connectivity index (χ0n) is 19.9. The summed E-state index contributed by atoms with van der Waals surface area (Å²) in [5.41, 5.74) is 2.42. The molecule has 0 saturated heterocycles. The van der Waals surface area contributed by atoms with E-state index in [0.29, 0.717) is 5.69 Å². The fourth-order valence-corrected chi connectivity index (χ4v) is 5.35. The van der Waals surface area contributed by atoms with Gasteiger partial charge in [0.15, 0.2) is 16.4 Å². The van der Waals surface area contributed by atoms with Crippen molar-refractivity contribution in [1.29, 1.82) is 0 Å². The molecule has 0 saturated carbocycles. The van der Waals surface area contributed by atoms with Crippen molar-refractivity contribution in [3.8, 4) is 5.75 Å². The van der Waals surface area contributed by atoms with E-state index in [2.05, 4.69) is 5.10 Å². The monoisotopic (exact) mass is 518 g/mol. The van der Waals surface area contributed by atoms with Crippen LogP contribution in [0.15, 0.2) is 107 Å². The summed E-state index contributed by atoms with van der Waals surface area (Å²) in [4.78, 5) is 23.3. The second-order valence-electron chi connectivity index (χ2n) is 8.40. The van der Waals surface area contributed by atoms with Crippen molar-refractivity contribution in [2.45, 2.75) is 23.8 Å². The lowest BCUT2D eigenvalue weighted by Gasteiger charge is -2.18. The largest absolute Gasteiger partial charge is 0.482 e. The molecule has 0 atom stereocenters. The molecule has 190 valence electrons. The Balaban J connectivity index is 1.52. The van der Waals surface area contributed by atoms with Crippen molar-refractivity contribution in [3.63, 3.8) is 0 Å². The van der Waals surface area contributed by atoms with Crippen molar-refractivity contribution in [1.82, 2.24) is 9.78 Å². The molecule has 37 heavy (non-hydrogen) atoms. The van der Waals surface area contributed by atoms with Gasteiger partial charge < -0.3 is 9.84 Å². The number of carbonyl (C=O) groups is 1. The fourth-order valence-electron chi connectivity index (χ4n) is 4.03. The summed E-state index contributed by atoms with van der Waals surface area (Å²) in [6.07, 6.45) is 0.167. The minimum absolute atomic E-state index is 0.0256. The number of hydrogen-bond donors (Lipinski definition) is 1. The molecule has 1 aromatic heterocycles. The summed E-state index contributed by atoms with van der Waals surface area (Å²) < 4.78 is 32.1. The van der Waals surface area contributed by atoms with E-state index in [0.717, 1.165) is 11.1 Å². The molecule has 9 heteroatoms. The first-order valence-corrected chi connectivity index (χ1v) is 13.3. The average molecular weight is 519 g/mol. The van der Waals surface area contributed by atoms with Gasteiger partial charge in [0.25, 0.3) is 5.56 Å². The van der Waals surface area contributed by atoms with Crippen LogP contribution < -0.4 is 10.3 Å². The highest BCUT2D eigenvalue weighted by Gasteiger charge is 2.20. The third-order valence-corrected chi connectivity index (χ3v) is 7.56. The summed E-state index contributed by atoms with van der Waals surface area (Å²) >= 11 is 0. The molecule has 4 rings (SSSR count). The van der Waals surface area contributed by atoms with Crippen LogP contribution in [0, 0.1) is 0 Å². The number of nitrogens with zero attached hydrogens (tertiary/aromatic N) is 2. The Labute approximate surface area is 214 Å². The Bertz CT molecular complexity index is 1480. The molecule has 0 fully saturated rings. The van der Waals surface area contributed by atoms with Gasteiger partial charge in [0.2, 0.25) is 0 Å². The van der Waals surface area contributed by atoms with Gasteiger partial charge in [0, 0.05) is 12.6 Å². The first-order chi connectivity index (χ1) is 17.8. The number of benzene rings is 3. The van der Waals surface area contributed by atoms with Crippen molar-refractivity contribution in [3.05, 3.63) is 124 Å². The van der Waals surface area contributed by atoms with Crippen LogP contribution in [0.3, 0.4) is 0 Å². The molecule has 0 amide bonds. The summed E-state index contributed by atoms with van der Waals surface area (Å²) in [6.45, 7) is -0.446. The molecule has 0 bridgehead atoms. The van der Waals surface area contributed by atoms with Crippen molar-refractivity contribution in [2.75, 3.05) is 12.4 Å². The topological polar surface area (TPSA) is 116 Å². The number of hydrogen-bond acceptors (Lipinski definition) is 6. The molecule has 0 aliphatic carbocycles. The quantitative estimate of drug-likeness (QED) is 0.321. The normalized spacial score (nSPS) is 11.4. The molecule has 3 aromatic carbocycles. The Morgan fingerprint density at radius 1 is 0.892 bits per heavy atom. The van der Waals surface area contributed by atoms with Crippen molar-refractivity contribution >= 4 is 15.8 Å². The highest BCUT2D eigenvalue weighted by molar-refractivity contribution is 7.91. The lowest BCUT2D eigenvalue weighted by Crippen LogP contribution is -2.25. The fraction of sp³-hybridized carbons (Fsp3) is 0.179. The maximum absolute atomic E-state index is 12.9. The molecule has 4 aromatic rings. The molecule has 0 aliphatic heterocycles. The molecule has 0 spiro atoms. The van der Waals surface area contributed by atoms with Gasteiger partial charge >= 0.3 is 5.97 Å². The summed E-state index contributed by atoms with van der Waals surface area (Å²) in [7, 11) is -3.69. The van der Waals surface area contributed by atoms with Gasteiger partial charge in [-0.25, -0.2) is 17.9 Å². The highest BCUT2D eigenvalue weighted by Crippen LogP contribution is 2.30. The van der Waals surface area contributed by atoms with Gasteiger partial charge in [-0.05, 0) is 41.8 Å². The Morgan fingerprint density at radius 3 is 2.16 bits per heavy atom. The van der Waals surface area contributed by atoms with Crippen LogP contribution in [0.2, 0.25) is 0 Å². The second-order valence-corrected chi connectivity index (χ2v) is 10.5. The van der Waals surface area contributed by atoms with E-state index in [1.165, 1.54) is 35.0 Å². The number of ether oxygens (including phenoxy) is 1. The van der Waals surface area contributed by atoms with E-state index in [9.17, 15) is 18.0 Å². The molecule has 0 aliphatic rings. The predicted octanol–water partition coefficient (Wildman–Crippen LogP) is 3.75. The third-order valence-electron chi connectivity index (χ3n) is 5.76. The molecular weight excluding hydrogens is 492 g/mol. The Hall–Kier alpha value is -4.24. The van der Waals surface area contributed by atoms with E-state index in [1.807, 2.05) is 60.7 Å². The van der Waals surface area contributed by atoms with Crippen LogP contribution >= 0.6 is 0 Å². The number of aliphatic carboxylic acids is 1. The van der Waals surface area contributed by atoms with Gasteiger partial charge in [0.1, 0.15) is 5.75 Å². The number of carboxylic acid groups (broad SMARTS) is 1. The van der Waals surface area contributed by atoms with Gasteiger partial charge in [-0.2, -0.15) is 5.10 Å². The highest BCUT2D eigenvalue weighted by atomic mass is 32.2. The van der Waals surface area contributed by atoms with E-state index >= 15 is 0 Å². The third kappa shape index (κ3) is 6.71. The maximum Gasteiger partial charge on any atom is 0.341 e. The lowest BCUT2D eigenvalue weighted by atomic mass is 9.88. The van der Waals surface area contributed by atoms with Crippen LogP contribution in [0.4, 0.5) is 0 Å². The summed E-state index contributed by atoms with van der Waals surface area (Å²) in [6, 6.07) is 28.6. The number of carboxylic acids is 1. The predicted molar refractivity (Wildman–Crippen MR) is 139 cm³/mol. The van der Waals surface area contributed by atoms with Crippen LogP contribution in [-0.2, 0) is 21.2 Å². The summed E-state index contributed by atoms with van der Waals surface area (Å²) in [5, 5.41) is 13.4. The number of aryl methyl sites for hydroxylation is 1. The van der Waals surface area contributed by atoms with Crippen LogP contribution in [0.5, 0.6) is 5.75 Å². The lowest BCUT2D eigenvalue weighted by molar-refractivity contribution is -0.139. The first-order valence-electron chi connectivity index (χ1n) is 11.7. The maximum atomic E-state index is 12.9. The zero-order chi connectivity index (χ0) is 26.3. The van der Waals surface area contributed by atoms with Gasteiger partial charge in [-0.15, -0.1) is 0 Å². The number of sulfone groups is 1. The average Bonchev–Trinajstić information content (AvgIpc) is 2.90. The molecule has 0 radical (unpaired) electrons. The minimum atomic E-state index is -3.69. The molecule has 0 unspecified atom stereocenters. The number of rotatable bonds is 11. The molecule has 1 heterocycles. The SMILES string of the molecule is O=C(O)COc1cccc(S(=O)(=O)CCCn2nc(C(c3ccccc3)c3ccccc3)ccc2=O)c1. The van der Waals surface area contributed by atoms with E-state index in [4.69, 9.17) is 9.84 Å². The van der Waals surface area contributed by atoms with Gasteiger partial charge in [-0.3, -0.25) is 4.79 Å². The second kappa shape index (κ2) is 11.7. The molecule has 8 nitrogen and oxygen atoms in total. The first kappa shape index (κ1) is 25.8. The van der Waals surface area contributed by atoms with Gasteiger partial charge in [0.05, 0.1) is 22.3 Å². The Morgan fingerprint density at radius 2 is 1.54 bits per heavy atom. The molecule has 1 N–H and O–H groups in total. The molecular formula is C28H26N2O6S. The van der Waals surface area contributed by atoms with Crippen LogP contribution in [0.25, 0.3) is 0 Å². The summed E-state index contributed by atoms with van der Waals surface area (Å²) in [5.74, 6) is -1.40. The van der Waals surface area contributed by atoms with Gasteiger partial charge in [-0.1, -0.05) is 66.7 Å². The Kier molecular flexibility index (Phi) is 8.15. The van der Waals surface area contributed by atoms with E-state index < -0.39 is 22.4 Å². The van der Waals surface area contributed by atoms with Crippen LogP contribution in [-0.4, -0.2) is 41.6 Å². The van der Waals surface area contributed by atoms with Crippen molar-refractivity contribution < 1.29 is 23.1 Å². The van der Waals surface area contributed by atoms with E-state index in [1.54, 1.807) is 6.07 Å².